The van der Waals surface area contributed by atoms with Crippen molar-refractivity contribution in [2.75, 3.05) is 73.4 Å². The third-order valence-corrected chi connectivity index (χ3v) is 4.19. The van der Waals surface area contributed by atoms with E-state index in [1.165, 1.54) is 0 Å². The van der Waals surface area contributed by atoms with Crippen molar-refractivity contribution in [2.45, 2.75) is 32.2 Å². The summed E-state index contributed by atoms with van der Waals surface area (Å²) < 4.78 is 22.3. The van der Waals surface area contributed by atoms with Crippen LogP contribution >= 0.6 is 0 Å². The number of quaternary nitrogens is 1. The summed E-state index contributed by atoms with van der Waals surface area (Å²) in [5.74, 6) is -0.112. The van der Waals surface area contributed by atoms with Crippen molar-refractivity contribution in [1.82, 2.24) is 5.32 Å². The average Bonchev–Trinajstić information content (AvgIpc) is 3.10. The Kier molecular flexibility index (Phi) is 11.7. The molecular formula is C19H37N2O6+. The number of likely N-dealkylation sites (N-methyl/N-ethyl adjacent to an activating group) is 1. The molecule has 158 valence electrons. The zero-order valence-electron chi connectivity index (χ0n) is 17.1. The lowest BCUT2D eigenvalue weighted by molar-refractivity contribution is -0.893. The number of rotatable bonds is 15. The van der Waals surface area contributed by atoms with Crippen LogP contribution in [0.15, 0.2) is 12.2 Å². The van der Waals surface area contributed by atoms with E-state index < -0.39 is 6.10 Å². The largest absolute Gasteiger partial charge is 0.385 e. The van der Waals surface area contributed by atoms with Gasteiger partial charge in [-0.05, 0) is 6.92 Å². The fourth-order valence-electron chi connectivity index (χ4n) is 2.77. The number of nitrogens with zero attached hydrogens (tertiary/aromatic N) is 1. The van der Waals surface area contributed by atoms with Gasteiger partial charge in [0.2, 0.25) is 5.91 Å². The summed E-state index contributed by atoms with van der Waals surface area (Å²) >= 11 is 0. The SMILES string of the molecule is C=C(C)C(=O)NCCC[N+](C)(C)CC(O)COCCOCCC1OCCO1. The molecule has 27 heavy (non-hydrogen) atoms. The zero-order chi connectivity index (χ0) is 20.1. The van der Waals surface area contributed by atoms with Crippen LogP contribution in [0.25, 0.3) is 0 Å². The topological polar surface area (TPSA) is 86.3 Å². The maximum atomic E-state index is 11.4. The normalized spacial score (nSPS) is 16.4. The molecule has 1 heterocycles. The molecule has 1 saturated heterocycles. The van der Waals surface area contributed by atoms with Crippen LogP contribution in [0.5, 0.6) is 0 Å². The van der Waals surface area contributed by atoms with Gasteiger partial charge in [0.1, 0.15) is 12.6 Å². The second-order valence-corrected chi connectivity index (χ2v) is 7.53. The predicted molar refractivity (Wildman–Crippen MR) is 102 cm³/mol. The minimum atomic E-state index is -0.537. The highest BCUT2D eigenvalue weighted by Gasteiger charge is 2.20. The molecule has 0 spiro atoms. The van der Waals surface area contributed by atoms with Gasteiger partial charge in [0.05, 0.1) is 60.3 Å². The number of carbonyl (C=O) groups is 1. The number of carbonyl (C=O) groups excluding carboxylic acids is 1. The summed E-state index contributed by atoms with van der Waals surface area (Å²) in [5, 5.41) is 13.0. The predicted octanol–water partition coefficient (Wildman–Crippen LogP) is 0.302. The van der Waals surface area contributed by atoms with E-state index in [4.69, 9.17) is 18.9 Å². The molecule has 1 rings (SSSR count). The van der Waals surface area contributed by atoms with Gasteiger partial charge in [0.15, 0.2) is 6.29 Å². The van der Waals surface area contributed by atoms with Gasteiger partial charge in [0.25, 0.3) is 0 Å². The molecule has 1 atom stereocenters. The smallest absolute Gasteiger partial charge is 0.246 e. The number of hydrogen-bond donors (Lipinski definition) is 2. The molecule has 1 amide bonds. The molecule has 8 nitrogen and oxygen atoms in total. The fraction of sp³-hybridized carbons (Fsp3) is 0.842. The van der Waals surface area contributed by atoms with Crippen molar-refractivity contribution < 1.29 is 33.3 Å². The Hall–Kier alpha value is -1.03. The van der Waals surface area contributed by atoms with Crippen LogP contribution in [0.3, 0.4) is 0 Å². The lowest BCUT2D eigenvalue weighted by atomic mass is 10.2. The molecule has 1 aliphatic heterocycles. The minimum Gasteiger partial charge on any atom is -0.385 e. The van der Waals surface area contributed by atoms with Crippen LogP contribution in [0, 0.1) is 0 Å². The molecule has 1 aliphatic rings. The van der Waals surface area contributed by atoms with Gasteiger partial charge >= 0.3 is 0 Å². The van der Waals surface area contributed by atoms with Crippen LogP contribution in [0.4, 0.5) is 0 Å². The first-order valence-electron chi connectivity index (χ1n) is 9.62. The highest BCUT2D eigenvalue weighted by atomic mass is 16.7. The molecule has 0 aromatic heterocycles. The van der Waals surface area contributed by atoms with Gasteiger partial charge in [-0.15, -0.1) is 0 Å². The maximum absolute atomic E-state index is 11.4. The van der Waals surface area contributed by atoms with Crippen molar-refractivity contribution in [3.8, 4) is 0 Å². The van der Waals surface area contributed by atoms with Crippen molar-refractivity contribution >= 4 is 5.91 Å². The van der Waals surface area contributed by atoms with Crippen LogP contribution in [-0.4, -0.2) is 101 Å². The van der Waals surface area contributed by atoms with E-state index >= 15 is 0 Å². The monoisotopic (exact) mass is 389 g/mol. The molecule has 8 heteroatoms. The molecule has 2 N–H and O–H groups in total. The number of aliphatic hydroxyl groups is 1. The third kappa shape index (κ3) is 12.1. The van der Waals surface area contributed by atoms with E-state index in [0.717, 1.165) is 19.4 Å². The van der Waals surface area contributed by atoms with E-state index in [-0.39, 0.29) is 18.8 Å². The van der Waals surface area contributed by atoms with Gasteiger partial charge in [-0.3, -0.25) is 4.79 Å². The summed E-state index contributed by atoms with van der Waals surface area (Å²) in [6.45, 7) is 10.4. The molecule has 0 radical (unpaired) electrons. The van der Waals surface area contributed by atoms with E-state index in [1.807, 2.05) is 0 Å². The Labute approximate surface area is 163 Å². The van der Waals surface area contributed by atoms with Gasteiger partial charge < -0.3 is 33.9 Å². The Morgan fingerprint density at radius 2 is 1.93 bits per heavy atom. The van der Waals surface area contributed by atoms with Crippen LogP contribution in [-0.2, 0) is 23.7 Å². The molecule has 1 fully saturated rings. The van der Waals surface area contributed by atoms with E-state index in [1.54, 1.807) is 6.92 Å². The van der Waals surface area contributed by atoms with Gasteiger partial charge in [0, 0.05) is 25.0 Å². The van der Waals surface area contributed by atoms with Crippen molar-refractivity contribution in [2.24, 2.45) is 0 Å². The molecule has 0 aliphatic carbocycles. The highest BCUT2D eigenvalue weighted by Crippen LogP contribution is 2.07. The average molecular weight is 390 g/mol. The first-order chi connectivity index (χ1) is 12.8. The number of aliphatic hydroxyl groups excluding tert-OH is 1. The van der Waals surface area contributed by atoms with E-state index in [9.17, 15) is 9.90 Å². The van der Waals surface area contributed by atoms with Crippen LogP contribution in [0.1, 0.15) is 19.8 Å². The Balaban J connectivity index is 1.99. The summed E-state index contributed by atoms with van der Waals surface area (Å²) in [6, 6.07) is 0. The minimum absolute atomic E-state index is 0.112. The molecule has 0 bridgehead atoms. The van der Waals surface area contributed by atoms with E-state index in [2.05, 4.69) is 26.0 Å². The van der Waals surface area contributed by atoms with E-state index in [0.29, 0.717) is 56.2 Å². The Morgan fingerprint density at radius 1 is 1.26 bits per heavy atom. The Bertz CT molecular complexity index is 438. The van der Waals surface area contributed by atoms with Crippen LogP contribution < -0.4 is 5.32 Å². The fourth-order valence-corrected chi connectivity index (χ4v) is 2.77. The Morgan fingerprint density at radius 3 is 2.59 bits per heavy atom. The first kappa shape index (κ1) is 24.0. The maximum Gasteiger partial charge on any atom is 0.246 e. The number of nitrogens with one attached hydrogen (secondary N) is 1. The number of hydrogen-bond acceptors (Lipinski definition) is 6. The standard InChI is InChI=1S/C19H36N2O6/c1-16(2)19(23)20-7-5-8-21(3,4)14-17(22)15-25-11-10-24-9-6-18-26-12-13-27-18/h17-18,22H,1,5-15H2,2-4H3/p+1. The lowest BCUT2D eigenvalue weighted by Gasteiger charge is -2.31. The third-order valence-electron chi connectivity index (χ3n) is 4.19. The highest BCUT2D eigenvalue weighted by molar-refractivity contribution is 5.91. The molecule has 0 saturated carbocycles. The van der Waals surface area contributed by atoms with Gasteiger partial charge in [-0.2, -0.15) is 0 Å². The summed E-state index contributed by atoms with van der Waals surface area (Å²) in [5.41, 5.74) is 0.514. The van der Waals surface area contributed by atoms with Crippen LogP contribution in [0.2, 0.25) is 0 Å². The lowest BCUT2D eigenvalue weighted by Crippen LogP contribution is -2.48. The molecule has 1 unspecified atom stereocenters. The summed E-state index contributed by atoms with van der Waals surface area (Å²) in [4.78, 5) is 11.4. The quantitative estimate of drug-likeness (QED) is 0.238. The van der Waals surface area contributed by atoms with Crippen molar-refractivity contribution in [1.29, 1.82) is 0 Å². The zero-order valence-corrected chi connectivity index (χ0v) is 17.1. The van der Waals surface area contributed by atoms with Gasteiger partial charge in [-0.1, -0.05) is 6.58 Å². The molecular weight excluding hydrogens is 352 g/mol. The second-order valence-electron chi connectivity index (χ2n) is 7.53. The first-order valence-corrected chi connectivity index (χ1v) is 9.62. The van der Waals surface area contributed by atoms with Gasteiger partial charge in [-0.25, -0.2) is 0 Å². The number of amides is 1. The summed E-state index contributed by atoms with van der Waals surface area (Å²) in [7, 11) is 4.11. The van der Waals surface area contributed by atoms with Crippen molar-refractivity contribution in [3.05, 3.63) is 12.2 Å². The number of ether oxygens (including phenoxy) is 4. The molecule has 0 aromatic carbocycles. The van der Waals surface area contributed by atoms with Crippen molar-refractivity contribution in [3.63, 3.8) is 0 Å². The molecule has 0 aromatic rings. The summed E-state index contributed by atoms with van der Waals surface area (Å²) in [6.07, 6.45) is 0.885. The second kappa shape index (κ2) is 13.2.